The molecule has 0 saturated carbocycles. The second-order valence-corrected chi connectivity index (χ2v) is 7.55. The van der Waals surface area contributed by atoms with Gasteiger partial charge in [0.2, 0.25) is 0 Å². The van der Waals surface area contributed by atoms with Gasteiger partial charge in [0.1, 0.15) is 5.25 Å². The van der Waals surface area contributed by atoms with E-state index in [0.29, 0.717) is 18.5 Å². The quantitative estimate of drug-likeness (QED) is 0.467. The van der Waals surface area contributed by atoms with Crippen LogP contribution in [0.5, 0.6) is 0 Å². The summed E-state index contributed by atoms with van der Waals surface area (Å²) < 4.78 is 21.8. The van der Waals surface area contributed by atoms with Gasteiger partial charge in [0.05, 0.1) is 12.1 Å². The molecule has 1 aromatic carbocycles. The second kappa shape index (κ2) is 8.35. The number of hydrogen-bond donors (Lipinski definition) is 1. The number of aryl methyl sites for hydroxylation is 1. The van der Waals surface area contributed by atoms with E-state index in [1.807, 2.05) is 0 Å². The number of amides is 4. The molecule has 0 radical (unpaired) electrons. The predicted molar refractivity (Wildman–Crippen MR) is 97.7 cm³/mol. The zero-order valence-electron chi connectivity index (χ0n) is 15.0. The SMILES string of the molecule is O=C(CCCc1ccc(N2C(=O)C=CC2=O)cc1)ON1C(=O)CC([SH](=O)=O)C1=O. The van der Waals surface area contributed by atoms with Gasteiger partial charge in [-0.25, -0.2) is 18.1 Å². The number of imide groups is 2. The lowest BCUT2D eigenvalue weighted by molar-refractivity contribution is -0.197. The Labute approximate surface area is 166 Å². The average Bonchev–Trinajstić information content (AvgIpc) is 3.15. The van der Waals surface area contributed by atoms with Crippen molar-refractivity contribution >= 4 is 46.0 Å². The fourth-order valence-corrected chi connectivity index (χ4v) is 3.50. The highest BCUT2D eigenvalue weighted by atomic mass is 32.2. The van der Waals surface area contributed by atoms with E-state index < -0.39 is 52.0 Å². The molecule has 1 aromatic rings. The average molecular weight is 420 g/mol. The van der Waals surface area contributed by atoms with Gasteiger partial charge in [-0.15, -0.1) is 5.06 Å². The zero-order valence-corrected chi connectivity index (χ0v) is 15.9. The fourth-order valence-electron chi connectivity index (χ4n) is 2.91. The molecule has 11 heteroatoms. The van der Waals surface area contributed by atoms with Gasteiger partial charge in [0, 0.05) is 18.6 Å². The Hall–Kier alpha value is -3.34. The van der Waals surface area contributed by atoms with E-state index in [-0.39, 0.29) is 11.5 Å². The maximum absolute atomic E-state index is 11.8. The van der Waals surface area contributed by atoms with E-state index in [1.54, 1.807) is 24.3 Å². The molecule has 2 aliphatic heterocycles. The third-order valence-corrected chi connectivity index (χ3v) is 5.29. The second-order valence-electron chi connectivity index (χ2n) is 6.36. The minimum atomic E-state index is -3.13. The van der Waals surface area contributed by atoms with Crippen LogP contribution in [0.3, 0.4) is 0 Å². The molecule has 0 spiro atoms. The molecular weight excluding hydrogens is 404 g/mol. The Balaban J connectivity index is 1.48. The Bertz CT molecular complexity index is 970. The molecule has 2 heterocycles. The number of thiol groups is 1. The van der Waals surface area contributed by atoms with Crippen molar-refractivity contribution in [1.29, 1.82) is 0 Å². The molecule has 1 unspecified atom stereocenters. The van der Waals surface area contributed by atoms with Crippen LogP contribution in [0.25, 0.3) is 0 Å². The summed E-state index contributed by atoms with van der Waals surface area (Å²) >= 11 is 0. The van der Waals surface area contributed by atoms with Gasteiger partial charge in [-0.1, -0.05) is 12.1 Å². The number of benzene rings is 1. The standard InChI is InChI=1S/C18H16N2O8S/c21-14-8-9-15(22)19(14)12-6-4-11(5-7-12)2-1-3-17(24)28-20-16(23)10-13(18(20)25)29(26)27/h4-9,13,29H,1-3,10H2. The zero-order chi connectivity index (χ0) is 21.1. The molecule has 1 saturated heterocycles. The van der Waals surface area contributed by atoms with Crippen LogP contribution in [0, 0.1) is 0 Å². The van der Waals surface area contributed by atoms with Crippen LogP contribution in [0.1, 0.15) is 24.8 Å². The number of carbonyl (C=O) groups is 5. The number of hydroxylamine groups is 2. The molecular formula is C18H16N2O8S. The summed E-state index contributed by atoms with van der Waals surface area (Å²) in [6.45, 7) is 0. The van der Waals surface area contributed by atoms with Gasteiger partial charge < -0.3 is 4.84 Å². The third-order valence-electron chi connectivity index (χ3n) is 4.38. The lowest BCUT2D eigenvalue weighted by Crippen LogP contribution is -2.34. The minimum Gasteiger partial charge on any atom is -0.330 e. The molecule has 2 aliphatic rings. The first-order chi connectivity index (χ1) is 13.8. The van der Waals surface area contributed by atoms with Crippen LogP contribution < -0.4 is 4.90 Å². The molecule has 29 heavy (non-hydrogen) atoms. The lowest BCUT2D eigenvalue weighted by Gasteiger charge is -2.14. The molecule has 0 N–H and O–H groups in total. The highest BCUT2D eigenvalue weighted by Crippen LogP contribution is 2.21. The summed E-state index contributed by atoms with van der Waals surface area (Å²) in [5, 5.41) is -1.28. The van der Waals surface area contributed by atoms with Crippen LogP contribution in [0.2, 0.25) is 0 Å². The largest absolute Gasteiger partial charge is 0.333 e. The fraction of sp³-hybridized carbons (Fsp3) is 0.278. The summed E-state index contributed by atoms with van der Waals surface area (Å²) in [7, 11) is -3.13. The van der Waals surface area contributed by atoms with E-state index >= 15 is 0 Å². The molecule has 0 bridgehead atoms. The van der Waals surface area contributed by atoms with Crippen LogP contribution in [0.4, 0.5) is 5.69 Å². The smallest absolute Gasteiger partial charge is 0.330 e. The third kappa shape index (κ3) is 4.40. The lowest BCUT2D eigenvalue weighted by atomic mass is 10.1. The van der Waals surface area contributed by atoms with Crippen LogP contribution >= 0.6 is 0 Å². The monoisotopic (exact) mass is 420 g/mol. The van der Waals surface area contributed by atoms with Gasteiger partial charge in [-0.3, -0.25) is 19.2 Å². The first-order valence-electron chi connectivity index (χ1n) is 8.64. The molecule has 1 atom stereocenters. The van der Waals surface area contributed by atoms with Crippen LogP contribution in [0.15, 0.2) is 36.4 Å². The van der Waals surface area contributed by atoms with E-state index in [1.165, 1.54) is 12.2 Å². The molecule has 3 rings (SSSR count). The molecule has 4 amide bonds. The van der Waals surface area contributed by atoms with Crippen LogP contribution in [-0.4, -0.2) is 48.3 Å². The topological polar surface area (TPSA) is 135 Å². The van der Waals surface area contributed by atoms with E-state index in [0.717, 1.165) is 10.5 Å². The molecule has 1 fully saturated rings. The Morgan fingerprint density at radius 2 is 1.66 bits per heavy atom. The Morgan fingerprint density at radius 1 is 1.03 bits per heavy atom. The maximum atomic E-state index is 11.8. The van der Waals surface area contributed by atoms with Gasteiger partial charge in [-0.2, -0.15) is 0 Å². The van der Waals surface area contributed by atoms with Crippen molar-refractivity contribution in [2.75, 3.05) is 4.90 Å². The van der Waals surface area contributed by atoms with Crippen molar-refractivity contribution in [3.8, 4) is 0 Å². The minimum absolute atomic E-state index is 0.0972. The van der Waals surface area contributed by atoms with E-state index in [2.05, 4.69) is 0 Å². The molecule has 0 aliphatic carbocycles. The number of anilines is 1. The van der Waals surface area contributed by atoms with E-state index in [9.17, 15) is 32.4 Å². The molecule has 152 valence electrons. The summed E-state index contributed by atoms with van der Waals surface area (Å²) in [5.74, 6) is -3.59. The van der Waals surface area contributed by atoms with Crippen molar-refractivity contribution in [2.45, 2.75) is 30.9 Å². The summed E-state index contributed by atoms with van der Waals surface area (Å²) in [4.78, 5) is 64.3. The van der Waals surface area contributed by atoms with Crippen molar-refractivity contribution in [3.63, 3.8) is 0 Å². The van der Waals surface area contributed by atoms with E-state index in [4.69, 9.17) is 4.84 Å². The van der Waals surface area contributed by atoms with Crippen molar-refractivity contribution < 1.29 is 37.2 Å². The van der Waals surface area contributed by atoms with Gasteiger partial charge in [0.25, 0.3) is 23.6 Å². The molecule has 0 aromatic heterocycles. The normalized spacial score (nSPS) is 19.0. The number of nitrogens with zero attached hydrogens (tertiary/aromatic N) is 2. The predicted octanol–water partition coefficient (Wildman–Crippen LogP) is -0.364. The van der Waals surface area contributed by atoms with Gasteiger partial charge in [-0.05, 0) is 30.5 Å². The van der Waals surface area contributed by atoms with Crippen molar-refractivity contribution in [3.05, 3.63) is 42.0 Å². The first-order valence-corrected chi connectivity index (χ1v) is 9.89. The first kappa shape index (κ1) is 20.4. The molecule has 10 nitrogen and oxygen atoms in total. The Kier molecular flexibility index (Phi) is 5.87. The highest BCUT2D eigenvalue weighted by Gasteiger charge is 2.43. The maximum Gasteiger partial charge on any atom is 0.333 e. The van der Waals surface area contributed by atoms with Crippen molar-refractivity contribution in [2.24, 2.45) is 0 Å². The number of hydrogen-bond acceptors (Lipinski definition) is 8. The summed E-state index contributed by atoms with van der Waals surface area (Å²) in [6.07, 6.45) is 2.56. The van der Waals surface area contributed by atoms with Gasteiger partial charge in [0.15, 0.2) is 10.7 Å². The number of rotatable bonds is 7. The summed E-state index contributed by atoms with van der Waals surface area (Å²) in [5.41, 5.74) is 1.27. The van der Waals surface area contributed by atoms with Crippen molar-refractivity contribution in [1.82, 2.24) is 5.06 Å². The Morgan fingerprint density at radius 3 is 2.21 bits per heavy atom. The van der Waals surface area contributed by atoms with Gasteiger partial charge >= 0.3 is 5.97 Å². The van der Waals surface area contributed by atoms with Crippen LogP contribution in [-0.2, 0) is 45.9 Å². The highest BCUT2D eigenvalue weighted by molar-refractivity contribution is 7.74. The number of carbonyl (C=O) groups excluding carboxylic acids is 5. The summed E-state index contributed by atoms with van der Waals surface area (Å²) in [6, 6.07) is 6.65.